The molecule has 4 heteroatoms. The summed E-state index contributed by atoms with van der Waals surface area (Å²) in [5.41, 5.74) is 0.234. The standard InChI is InChI=1S/C8H10O4/c1-5-3-2-4-6(7(9)10)8(5,11)12/h2-4,6,11-12H,1H3,(H,9,10). The van der Waals surface area contributed by atoms with Crippen molar-refractivity contribution in [3.8, 4) is 0 Å². The van der Waals surface area contributed by atoms with Crippen molar-refractivity contribution in [2.75, 3.05) is 0 Å². The Labute approximate surface area is 69.5 Å². The summed E-state index contributed by atoms with van der Waals surface area (Å²) >= 11 is 0. The van der Waals surface area contributed by atoms with Crippen LogP contribution in [0.4, 0.5) is 0 Å². The summed E-state index contributed by atoms with van der Waals surface area (Å²) in [6.07, 6.45) is 4.22. The normalized spacial score (nSPS) is 26.6. The van der Waals surface area contributed by atoms with Crippen molar-refractivity contribution < 1.29 is 20.1 Å². The number of rotatable bonds is 1. The molecule has 1 unspecified atom stereocenters. The average Bonchev–Trinajstić information content (AvgIpc) is 1.94. The van der Waals surface area contributed by atoms with Crippen LogP contribution >= 0.6 is 0 Å². The molecule has 0 aromatic rings. The first-order valence-electron chi connectivity index (χ1n) is 3.49. The second kappa shape index (κ2) is 2.73. The molecule has 0 aromatic heterocycles. The van der Waals surface area contributed by atoms with Crippen LogP contribution in [0.5, 0.6) is 0 Å². The lowest BCUT2D eigenvalue weighted by molar-refractivity contribution is -0.181. The Balaban J connectivity index is 3.01. The van der Waals surface area contributed by atoms with Gasteiger partial charge in [-0.2, -0.15) is 0 Å². The number of hydrogen-bond donors (Lipinski definition) is 3. The molecule has 0 aliphatic heterocycles. The maximum absolute atomic E-state index is 10.5. The van der Waals surface area contributed by atoms with Gasteiger partial charge in [-0.3, -0.25) is 4.79 Å². The van der Waals surface area contributed by atoms with E-state index in [0.29, 0.717) is 0 Å². The molecule has 0 aromatic carbocycles. The lowest BCUT2D eigenvalue weighted by atomic mass is 9.88. The van der Waals surface area contributed by atoms with Crippen LogP contribution in [0.2, 0.25) is 0 Å². The Morgan fingerprint density at radius 2 is 2.17 bits per heavy atom. The fourth-order valence-electron chi connectivity index (χ4n) is 1.07. The fourth-order valence-corrected chi connectivity index (χ4v) is 1.07. The van der Waals surface area contributed by atoms with Gasteiger partial charge in [0.15, 0.2) is 0 Å². The van der Waals surface area contributed by atoms with Crippen LogP contribution in [0.15, 0.2) is 23.8 Å². The molecule has 1 aliphatic rings. The summed E-state index contributed by atoms with van der Waals surface area (Å²) in [6.45, 7) is 1.47. The minimum Gasteiger partial charge on any atom is -0.481 e. The minimum absolute atomic E-state index is 0.234. The van der Waals surface area contributed by atoms with Gasteiger partial charge in [0.1, 0.15) is 5.92 Å². The van der Waals surface area contributed by atoms with Crippen LogP contribution < -0.4 is 0 Å². The molecule has 0 saturated carbocycles. The van der Waals surface area contributed by atoms with Crippen molar-refractivity contribution in [1.82, 2.24) is 0 Å². The number of allylic oxidation sites excluding steroid dienone is 2. The van der Waals surface area contributed by atoms with Gasteiger partial charge in [-0.25, -0.2) is 0 Å². The summed E-state index contributed by atoms with van der Waals surface area (Å²) in [6, 6.07) is 0. The Hall–Kier alpha value is -1.13. The highest BCUT2D eigenvalue weighted by atomic mass is 16.5. The van der Waals surface area contributed by atoms with Crippen molar-refractivity contribution in [1.29, 1.82) is 0 Å². The maximum Gasteiger partial charge on any atom is 0.316 e. The lowest BCUT2D eigenvalue weighted by Crippen LogP contribution is -2.43. The van der Waals surface area contributed by atoms with E-state index in [9.17, 15) is 15.0 Å². The number of hydrogen-bond acceptors (Lipinski definition) is 3. The van der Waals surface area contributed by atoms with Gasteiger partial charge in [-0.05, 0) is 12.5 Å². The third-order valence-electron chi connectivity index (χ3n) is 1.93. The van der Waals surface area contributed by atoms with Crippen molar-refractivity contribution in [3.63, 3.8) is 0 Å². The van der Waals surface area contributed by atoms with Crippen LogP contribution in [-0.2, 0) is 4.79 Å². The van der Waals surface area contributed by atoms with Gasteiger partial charge in [-0.1, -0.05) is 18.2 Å². The van der Waals surface area contributed by atoms with E-state index in [1.54, 1.807) is 0 Å². The van der Waals surface area contributed by atoms with E-state index in [-0.39, 0.29) is 5.57 Å². The van der Waals surface area contributed by atoms with Crippen LogP contribution in [0, 0.1) is 5.92 Å². The first-order chi connectivity index (χ1) is 5.46. The van der Waals surface area contributed by atoms with Crippen LogP contribution in [-0.4, -0.2) is 27.1 Å². The number of carboxylic acids is 1. The molecule has 12 heavy (non-hydrogen) atoms. The molecule has 1 aliphatic carbocycles. The van der Waals surface area contributed by atoms with E-state index >= 15 is 0 Å². The number of aliphatic hydroxyl groups is 2. The first kappa shape index (κ1) is 8.96. The molecule has 0 amide bonds. The van der Waals surface area contributed by atoms with E-state index < -0.39 is 17.7 Å². The van der Waals surface area contributed by atoms with Crippen molar-refractivity contribution in [3.05, 3.63) is 23.8 Å². The zero-order valence-electron chi connectivity index (χ0n) is 6.56. The Morgan fingerprint density at radius 1 is 1.58 bits per heavy atom. The van der Waals surface area contributed by atoms with Crippen LogP contribution in [0.1, 0.15) is 6.92 Å². The molecular weight excluding hydrogens is 160 g/mol. The van der Waals surface area contributed by atoms with E-state index in [0.717, 1.165) is 0 Å². The van der Waals surface area contributed by atoms with Crippen molar-refractivity contribution >= 4 is 5.97 Å². The van der Waals surface area contributed by atoms with Gasteiger partial charge in [0.05, 0.1) is 0 Å². The van der Waals surface area contributed by atoms with Gasteiger partial charge >= 0.3 is 5.97 Å². The smallest absolute Gasteiger partial charge is 0.316 e. The molecule has 0 spiro atoms. The summed E-state index contributed by atoms with van der Waals surface area (Å²) in [5, 5.41) is 27.2. The first-order valence-corrected chi connectivity index (χ1v) is 3.49. The van der Waals surface area contributed by atoms with Crippen LogP contribution in [0.3, 0.4) is 0 Å². The van der Waals surface area contributed by atoms with Gasteiger partial charge in [0.2, 0.25) is 5.79 Å². The summed E-state index contributed by atoms with van der Waals surface area (Å²) in [5.74, 6) is -4.77. The molecule has 66 valence electrons. The highest BCUT2D eigenvalue weighted by molar-refractivity contribution is 5.74. The molecule has 0 fully saturated rings. The molecular formula is C8H10O4. The molecule has 3 N–H and O–H groups in total. The quantitative estimate of drug-likeness (QED) is 0.479. The lowest BCUT2D eigenvalue weighted by Gasteiger charge is -2.29. The predicted molar refractivity (Wildman–Crippen MR) is 41.2 cm³/mol. The zero-order valence-corrected chi connectivity index (χ0v) is 6.56. The molecule has 0 bridgehead atoms. The van der Waals surface area contributed by atoms with E-state index in [1.807, 2.05) is 0 Å². The minimum atomic E-state index is -2.25. The number of carboxylic acid groups (broad SMARTS) is 1. The second-order valence-corrected chi connectivity index (χ2v) is 2.78. The largest absolute Gasteiger partial charge is 0.481 e. The third kappa shape index (κ3) is 1.26. The monoisotopic (exact) mass is 170 g/mol. The molecule has 1 rings (SSSR count). The predicted octanol–water partition coefficient (Wildman–Crippen LogP) is -0.116. The number of aliphatic carboxylic acids is 1. The maximum atomic E-state index is 10.5. The van der Waals surface area contributed by atoms with E-state index in [4.69, 9.17) is 5.11 Å². The molecule has 4 nitrogen and oxygen atoms in total. The highest BCUT2D eigenvalue weighted by Crippen LogP contribution is 2.27. The molecule has 0 saturated heterocycles. The van der Waals surface area contributed by atoms with Gasteiger partial charge < -0.3 is 15.3 Å². The van der Waals surface area contributed by atoms with Crippen molar-refractivity contribution in [2.24, 2.45) is 5.92 Å². The SMILES string of the molecule is CC1=CC=CC(C(=O)O)C1(O)O. The summed E-state index contributed by atoms with van der Waals surface area (Å²) in [4.78, 5) is 10.5. The molecule has 1 atom stereocenters. The van der Waals surface area contributed by atoms with E-state index in [2.05, 4.69) is 0 Å². The summed E-state index contributed by atoms with van der Waals surface area (Å²) in [7, 11) is 0. The Morgan fingerprint density at radius 3 is 2.58 bits per heavy atom. The van der Waals surface area contributed by atoms with Gasteiger partial charge in [-0.15, -0.1) is 0 Å². The summed E-state index contributed by atoms with van der Waals surface area (Å²) < 4.78 is 0. The Bertz CT molecular complexity index is 262. The highest BCUT2D eigenvalue weighted by Gasteiger charge is 2.40. The fraction of sp³-hybridized carbons (Fsp3) is 0.375. The number of carbonyl (C=O) groups is 1. The average molecular weight is 170 g/mol. The Kier molecular flexibility index (Phi) is 2.04. The second-order valence-electron chi connectivity index (χ2n) is 2.78. The van der Waals surface area contributed by atoms with Gasteiger partial charge in [0, 0.05) is 0 Å². The van der Waals surface area contributed by atoms with Gasteiger partial charge in [0.25, 0.3) is 0 Å². The third-order valence-corrected chi connectivity index (χ3v) is 1.93. The molecule has 0 heterocycles. The topological polar surface area (TPSA) is 77.8 Å². The van der Waals surface area contributed by atoms with E-state index in [1.165, 1.54) is 25.2 Å². The van der Waals surface area contributed by atoms with Crippen molar-refractivity contribution in [2.45, 2.75) is 12.7 Å². The van der Waals surface area contributed by atoms with Crippen LogP contribution in [0.25, 0.3) is 0 Å². The molecule has 0 radical (unpaired) electrons. The zero-order chi connectivity index (χ0) is 9.35.